The van der Waals surface area contributed by atoms with E-state index in [-0.39, 0.29) is 11.8 Å². The molecule has 2 aromatic carbocycles. The zero-order chi connectivity index (χ0) is 19.9. The van der Waals surface area contributed by atoms with Gasteiger partial charge in [-0.2, -0.15) is 0 Å². The van der Waals surface area contributed by atoms with Crippen molar-refractivity contribution in [2.75, 3.05) is 38.0 Å². The minimum atomic E-state index is 0.0124. The molecule has 2 aromatic rings. The van der Waals surface area contributed by atoms with Crippen molar-refractivity contribution >= 4 is 17.5 Å². The number of amides is 2. The average molecular weight is 380 g/mol. The topological polar surface area (TPSA) is 52.7 Å². The number of nitrogens with zero attached hydrogens (tertiary/aromatic N) is 2. The Morgan fingerprint density at radius 1 is 0.857 bits per heavy atom. The van der Waals surface area contributed by atoms with E-state index in [1.807, 2.05) is 35.2 Å². The summed E-state index contributed by atoms with van der Waals surface area (Å²) >= 11 is 0. The first kappa shape index (κ1) is 20.1. The number of hydrogen-bond donors (Lipinski definition) is 1. The SMILES string of the molecule is CCc1cccc(CC)c1NC(=O)CN1CCN(C(=O)c2ccccc2)CC1. The number of nitrogens with one attached hydrogen (secondary N) is 1. The highest BCUT2D eigenvalue weighted by molar-refractivity contribution is 5.95. The van der Waals surface area contributed by atoms with Crippen LogP contribution in [-0.4, -0.2) is 54.3 Å². The fourth-order valence-corrected chi connectivity index (χ4v) is 3.66. The molecule has 0 bridgehead atoms. The van der Waals surface area contributed by atoms with E-state index in [1.54, 1.807) is 0 Å². The molecule has 5 heteroatoms. The summed E-state index contributed by atoms with van der Waals surface area (Å²) in [6.45, 7) is 7.28. The number of carbonyl (C=O) groups excluding carboxylic acids is 2. The van der Waals surface area contributed by atoms with E-state index in [9.17, 15) is 9.59 Å². The highest BCUT2D eigenvalue weighted by atomic mass is 16.2. The summed E-state index contributed by atoms with van der Waals surface area (Å²) in [5.41, 5.74) is 4.03. The Bertz CT molecular complexity index is 790. The highest BCUT2D eigenvalue weighted by Crippen LogP contribution is 2.22. The number of hydrogen-bond acceptors (Lipinski definition) is 3. The van der Waals surface area contributed by atoms with Gasteiger partial charge < -0.3 is 10.2 Å². The molecule has 1 saturated heterocycles. The van der Waals surface area contributed by atoms with Crippen molar-refractivity contribution in [2.24, 2.45) is 0 Å². The molecule has 0 spiro atoms. The lowest BCUT2D eigenvalue weighted by Crippen LogP contribution is -2.50. The second kappa shape index (κ2) is 9.51. The quantitative estimate of drug-likeness (QED) is 0.839. The van der Waals surface area contributed by atoms with Gasteiger partial charge in [-0.25, -0.2) is 0 Å². The summed E-state index contributed by atoms with van der Waals surface area (Å²) in [6, 6.07) is 15.6. The van der Waals surface area contributed by atoms with Crippen LogP contribution in [0.15, 0.2) is 48.5 Å². The van der Waals surface area contributed by atoms with Crippen molar-refractivity contribution in [1.82, 2.24) is 9.80 Å². The van der Waals surface area contributed by atoms with Crippen molar-refractivity contribution in [1.29, 1.82) is 0 Å². The van der Waals surface area contributed by atoms with E-state index in [0.717, 1.165) is 24.1 Å². The third-order valence-electron chi connectivity index (χ3n) is 5.31. The van der Waals surface area contributed by atoms with Gasteiger partial charge in [-0.15, -0.1) is 0 Å². The van der Waals surface area contributed by atoms with Crippen LogP contribution in [0.3, 0.4) is 0 Å². The number of benzene rings is 2. The van der Waals surface area contributed by atoms with E-state index in [4.69, 9.17) is 0 Å². The third-order valence-corrected chi connectivity index (χ3v) is 5.31. The van der Waals surface area contributed by atoms with Crippen molar-refractivity contribution in [3.8, 4) is 0 Å². The average Bonchev–Trinajstić information content (AvgIpc) is 2.74. The summed E-state index contributed by atoms with van der Waals surface area (Å²) in [4.78, 5) is 29.1. The van der Waals surface area contributed by atoms with Gasteiger partial charge in [-0.3, -0.25) is 14.5 Å². The first-order valence-electron chi connectivity index (χ1n) is 10.1. The van der Waals surface area contributed by atoms with Crippen LogP contribution in [0, 0.1) is 0 Å². The minimum absolute atomic E-state index is 0.0124. The Morgan fingerprint density at radius 3 is 2.04 bits per heavy atom. The third kappa shape index (κ3) is 4.78. The molecule has 5 nitrogen and oxygen atoms in total. The maximum atomic E-state index is 12.6. The molecule has 148 valence electrons. The summed E-state index contributed by atoms with van der Waals surface area (Å²) in [6.07, 6.45) is 1.79. The molecule has 2 amide bonds. The lowest BCUT2D eigenvalue weighted by molar-refractivity contribution is -0.117. The number of anilines is 1. The molecule has 0 aliphatic carbocycles. The minimum Gasteiger partial charge on any atom is -0.336 e. The van der Waals surface area contributed by atoms with Crippen molar-refractivity contribution in [3.05, 3.63) is 65.2 Å². The molecule has 1 aliphatic heterocycles. The molecule has 1 fully saturated rings. The predicted molar refractivity (Wildman–Crippen MR) is 113 cm³/mol. The summed E-state index contributed by atoms with van der Waals surface area (Å²) < 4.78 is 0. The number of carbonyl (C=O) groups is 2. The molecule has 3 rings (SSSR count). The lowest BCUT2D eigenvalue weighted by Gasteiger charge is -2.34. The number of piperazine rings is 1. The van der Waals surface area contributed by atoms with Gasteiger partial charge in [-0.1, -0.05) is 50.2 Å². The smallest absolute Gasteiger partial charge is 0.253 e. The largest absolute Gasteiger partial charge is 0.336 e. The van der Waals surface area contributed by atoms with Crippen LogP contribution in [0.1, 0.15) is 35.3 Å². The fourth-order valence-electron chi connectivity index (χ4n) is 3.66. The van der Waals surface area contributed by atoms with Gasteiger partial charge in [-0.05, 0) is 36.1 Å². The van der Waals surface area contributed by atoms with E-state index >= 15 is 0 Å². The number of aryl methyl sites for hydroxylation is 2. The monoisotopic (exact) mass is 379 g/mol. The maximum Gasteiger partial charge on any atom is 0.253 e. The zero-order valence-corrected chi connectivity index (χ0v) is 16.8. The molecule has 0 unspecified atom stereocenters. The van der Waals surface area contributed by atoms with E-state index < -0.39 is 0 Å². The summed E-state index contributed by atoms with van der Waals surface area (Å²) in [5.74, 6) is 0.0765. The molecule has 1 N–H and O–H groups in total. The Kier molecular flexibility index (Phi) is 6.82. The molecular weight excluding hydrogens is 350 g/mol. The van der Waals surface area contributed by atoms with Gasteiger partial charge in [0.2, 0.25) is 5.91 Å². The summed E-state index contributed by atoms with van der Waals surface area (Å²) in [7, 11) is 0. The zero-order valence-electron chi connectivity index (χ0n) is 16.8. The van der Waals surface area contributed by atoms with Gasteiger partial charge in [0, 0.05) is 37.4 Å². The van der Waals surface area contributed by atoms with Crippen LogP contribution in [0.25, 0.3) is 0 Å². The second-order valence-corrected chi connectivity index (χ2v) is 7.14. The standard InChI is InChI=1S/C23H29N3O2/c1-3-18-11-8-12-19(4-2)22(18)24-21(27)17-25-13-15-26(16-14-25)23(28)20-9-6-5-7-10-20/h5-12H,3-4,13-17H2,1-2H3,(H,24,27). The first-order chi connectivity index (χ1) is 13.6. The van der Waals surface area contributed by atoms with Crippen LogP contribution >= 0.6 is 0 Å². The second-order valence-electron chi connectivity index (χ2n) is 7.14. The molecule has 0 saturated carbocycles. The van der Waals surface area contributed by atoms with Gasteiger partial charge in [0.15, 0.2) is 0 Å². The van der Waals surface area contributed by atoms with E-state index in [1.165, 1.54) is 11.1 Å². The van der Waals surface area contributed by atoms with Crippen LogP contribution in [-0.2, 0) is 17.6 Å². The van der Waals surface area contributed by atoms with Gasteiger partial charge in [0.25, 0.3) is 5.91 Å². The highest BCUT2D eigenvalue weighted by Gasteiger charge is 2.23. The van der Waals surface area contributed by atoms with Crippen molar-refractivity contribution in [2.45, 2.75) is 26.7 Å². The van der Waals surface area contributed by atoms with Crippen LogP contribution in [0.5, 0.6) is 0 Å². The Labute approximate surface area is 167 Å². The molecule has 1 heterocycles. The number of rotatable bonds is 6. The molecule has 28 heavy (non-hydrogen) atoms. The Morgan fingerprint density at radius 2 is 1.46 bits per heavy atom. The molecule has 0 radical (unpaired) electrons. The number of para-hydroxylation sites is 1. The van der Waals surface area contributed by atoms with E-state index in [2.05, 4.69) is 42.3 Å². The van der Waals surface area contributed by atoms with Crippen LogP contribution in [0.4, 0.5) is 5.69 Å². The van der Waals surface area contributed by atoms with Crippen molar-refractivity contribution in [3.63, 3.8) is 0 Å². The van der Waals surface area contributed by atoms with E-state index in [0.29, 0.717) is 32.7 Å². The maximum absolute atomic E-state index is 12.6. The first-order valence-corrected chi connectivity index (χ1v) is 10.1. The Hall–Kier alpha value is -2.66. The lowest BCUT2D eigenvalue weighted by atomic mass is 10.0. The van der Waals surface area contributed by atoms with Crippen molar-refractivity contribution < 1.29 is 9.59 Å². The van der Waals surface area contributed by atoms with Gasteiger partial charge in [0.1, 0.15) is 0 Å². The van der Waals surface area contributed by atoms with Crippen LogP contribution < -0.4 is 5.32 Å². The fraction of sp³-hybridized carbons (Fsp3) is 0.391. The normalized spacial score (nSPS) is 14.7. The molecular formula is C23H29N3O2. The van der Waals surface area contributed by atoms with Gasteiger partial charge >= 0.3 is 0 Å². The molecule has 1 aliphatic rings. The predicted octanol–water partition coefficient (Wildman–Crippen LogP) is 3.21. The summed E-state index contributed by atoms with van der Waals surface area (Å²) in [5, 5.41) is 3.13. The molecule has 0 aromatic heterocycles. The van der Waals surface area contributed by atoms with Gasteiger partial charge in [0.05, 0.1) is 6.54 Å². The molecule has 0 atom stereocenters. The Balaban J connectivity index is 1.54. The van der Waals surface area contributed by atoms with Crippen LogP contribution in [0.2, 0.25) is 0 Å².